The summed E-state index contributed by atoms with van der Waals surface area (Å²) in [5.41, 5.74) is 3.94. The fraction of sp³-hybridized carbons (Fsp3) is 0.308. The predicted octanol–water partition coefficient (Wildman–Crippen LogP) is 4.51. The number of H-pyrrole nitrogens is 1. The summed E-state index contributed by atoms with van der Waals surface area (Å²) in [5, 5.41) is 11.7. The maximum Gasteiger partial charge on any atom is 0.0825 e. The van der Waals surface area contributed by atoms with Gasteiger partial charge in [0, 0.05) is 0 Å². The van der Waals surface area contributed by atoms with Crippen molar-refractivity contribution >= 4 is 28.9 Å². The van der Waals surface area contributed by atoms with Gasteiger partial charge in [-0.15, -0.1) is 0 Å². The number of aromatic amines is 1. The van der Waals surface area contributed by atoms with E-state index in [0.29, 0.717) is 10.0 Å². The lowest BCUT2D eigenvalue weighted by molar-refractivity contribution is 0.881. The number of aryl methyl sites for hydroxylation is 2. The summed E-state index contributed by atoms with van der Waals surface area (Å²) >= 11 is 12.2. The van der Waals surface area contributed by atoms with E-state index in [4.69, 9.17) is 23.2 Å². The zero-order valence-corrected chi connectivity index (χ0v) is 12.0. The standard InChI is InChI=1S/C13H15Cl2N3/c1-7(10-5-4-6-11(14)12(10)15)16-13-8(2)17-18-9(13)3/h4-7,16H,1-3H3,(H,17,18). The summed E-state index contributed by atoms with van der Waals surface area (Å²) in [5.74, 6) is 0. The molecule has 18 heavy (non-hydrogen) atoms. The monoisotopic (exact) mass is 283 g/mol. The first-order chi connectivity index (χ1) is 8.50. The second-order valence-corrected chi connectivity index (χ2v) is 5.10. The molecule has 0 radical (unpaired) electrons. The fourth-order valence-electron chi connectivity index (χ4n) is 1.91. The minimum Gasteiger partial charge on any atom is -0.375 e. The predicted molar refractivity (Wildman–Crippen MR) is 76.6 cm³/mol. The van der Waals surface area contributed by atoms with Crippen LogP contribution in [0.3, 0.4) is 0 Å². The first-order valence-electron chi connectivity index (χ1n) is 5.72. The zero-order chi connectivity index (χ0) is 13.3. The molecule has 0 aliphatic heterocycles. The molecule has 2 N–H and O–H groups in total. The molecule has 1 aromatic carbocycles. The van der Waals surface area contributed by atoms with Crippen LogP contribution in [0.4, 0.5) is 5.69 Å². The largest absolute Gasteiger partial charge is 0.375 e. The molecule has 0 spiro atoms. The van der Waals surface area contributed by atoms with Crippen molar-refractivity contribution in [1.82, 2.24) is 10.2 Å². The minimum atomic E-state index is 0.0613. The highest BCUT2D eigenvalue weighted by Gasteiger charge is 2.14. The van der Waals surface area contributed by atoms with Crippen LogP contribution in [0.1, 0.15) is 29.9 Å². The van der Waals surface area contributed by atoms with E-state index in [1.165, 1.54) is 0 Å². The Hall–Kier alpha value is -1.19. The second kappa shape index (κ2) is 5.21. The van der Waals surface area contributed by atoms with Gasteiger partial charge in [0.05, 0.1) is 33.2 Å². The number of aromatic nitrogens is 2. The van der Waals surface area contributed by atoms with Gasteiger partial charge in [-0.05, 0) is 32.4 Å². The van der Waals surface area contributed by atoms with Gasteiger partial charge >= 0.3 is 0 Å². The van der Waals surface area contributed by atoms with Gasteiger partial charge in [-0.1, -0.05) is 35.3 Å². The highest BCUT2D eigenvalue weighted by atomic mass is 35.5. The average Bonchev–Trinajstić information content (AvgIpc) is 2.64. The van der Waals surface area contributed by atoms with E-state index in [1.807, 2.05) is 32.9 Å². The Kier molecular flexibility index (Phi) is 3.83. The van der Waals surface area contributed by atoms with Crippen LogP contribution < -0.4 is 5.32 Å². The summed E-state index contributed by atoms with van der Waals surface area (Å²) in [4.78, 5) is 0. The summed E-state index contributed by atoms with van der Waals surface area (Å²) in [6.45, 7) is 5.98. The van der Waals surface area contributed by atoms with Crippen molar-refractivity contribution in [2.45, 2.75) is 26.8 Å². The number of rotatable bonds is 3. The maximum absolute atomic E-state index is 6.21. The van der Waals surface area contributed by atoms with E-state index in [9.17, 15) is 0 Å². The molecule has 0 fully saturated rings. The van der Waals surface area contributed by atoms with Crippen LogP contribution in [0.25, 0.3) is 0 Å². The second-order valence-electron chi connectivity index (χ2n) is 4.32. The molecule has 1 unspecified atom stereocenters. The first kappa shape index (κ1) is 13.2. The lowest BCUT2D eigenvalue weighted by Gasteiger charge is -2.17. The number of hydrogen-bond donors (Lipinski definition) is 2. The molecule has 5 heteroatoms. The topological polar surface area (TPSA) is 40.7 Å². The number of hydrogen-bond acceptors (Lipinski definition) is 2. The molecule has 3 nitrogen and oxygen atoms in total. The van der Waals surface area contributed by atoms with Gasteiger partial charge in [-0.2, -0.15) is 5.10 Å². The number of halogens is 2. The van der Waals surface area contributed by atoms with Gasteiger partial charge in [0.1, 0.15) is 0 Å². The quantitative estimate of drug-likeness (QED) is 0.870. The maximum atomic E-state index is 6.21. The number of nitrogens with zero attached hydrogens (tertiary/aromatic N) is 1. The van der Waals surface area contributed by atoms with Crippen LogP contribution in [0, 0.1) is 13.8 Å². The van der Waals surface area contributed by atoms with E-state index in [2.05, 4.69) is 15.5 Å². The average molecular weight is 284 g/mol. The molecule has 0 aliphatic rings. The third-order valence-electron chi connectivity index (χ3n) is 2.94. The first-order valence-corrected chi connectivity index (χ1v) is 6.48. The fourth-order valence-corrected chi connectivity index (χ4v) is 2.38. The van der Waals surface area contributed by atoms with Gasteiger partial charge in [-0.25, -0.2) is 0 Å². The number of anilines is 1. The van der Waals surface area contributed by atoms with Crippen LogP contribution in [0.5, 0.6) is 0 Å². The number of nitrogens with one attached hydrogen (secondary N) is 2. The van der Waals surface area contributed by atoms with Gasteiger partial charge < -0.3 is 5.32 Å². The Morgan fingerprint density at radius 2 is 2.00 bits per heavy atom. The Balaban J connectivity index is 2.28. The normalized spacial score (nSPS) is 12.5. The molecule has 2 aromatic rings. The van der Waals surface area contributed by atoms with Crippen molar-refractivity contribution in [1.29, 1.82) is 0 Å². The summed E-state index contributed by atoms with van der Waals surface area (Å²) < 4.78 is 0. The molecular formula is C13H15Cl2N3. The highest BCUT2D eigenvalue weighted by Crippen LogP contribution is 2.32. The molecule has 0 amide bonds. The van der Waals surface area contributed by atoms with Gasteiger partial charge in [-0.3, -0.25) is 5.10 Å². The molecule has 0 bridgehead atoms. The van der Waals surface area contributed by atoms with Crippen LogP contribution in [-0.4, -0.2) is 10.2 Å². The Labute approximate surface area is 117 Å². The van der Waals surface area contributed by atoms with Crippen LogP contribution >= 0.6 is 23.2 Å². The third kappa shape index (κ3) is 2.47. The smallest absolute Gasteiger partial charge is 0.0825 e. The SMILES string of the molecule is Cc1n[nH]c(C)c1NC(C)c1cccc(Cl)c1Cl. The molecule has 1 heterocycles. The molecule has 0 saturated heterocycles. The third-order valence-corrected chi connectivity index (χ3v) is 3.77. The van der Waals surface area contributed by atoms with E-state index < -0.39 is 0 Å². The Morgan fingerprint density at radius 3 is 2.61 bits per heavy atom. The lowest BCUT2D eigenvalue weighted by Crippen LogP contribution is -2.08. The Morgan fingerprint density at radius 1 is 1.28 bits per heavy atom. The summed E-state index contributed by atoms with van der Waals surface area (Å²) in [6.07, 6.45) is 0. The highest BCUT2D eigenvalue weighted by molar-refractivity contribution is 6.42. The van der Waals surface area contributed by atoms with Crippen molar-refractivity contribution < 1.29 is 0 Å². The van der Waals surface area contributed by atoms with Crippen molar-refractivity contribution in [3.05, 3.63) is 45.2 Å². The van der Waals surface area contributed by atoms with Crippen LogP contribution in [0.15, 0.2) is 18.2 Å². The molecule has 0 aliphatic carbocycles. The Bertz CT molecular complexity index is 544. The molecule has 1 aromatic heterocycles. The molecule has 1 atom stereocenters. The molecule has 96 valence electrons. The van der Waals surface area contributed by atoms with Crippen LogP contribution in [0.2, 0.25) is 10.0 Å². The minimum absolute atomic E-state index is 0.0613. The summed E-state index contributed by atoms with van der Waals surface area (Å²) in [6, 6.07) is 5.72. The molecule has 0 saturated carbocycles. The van der Waals surface area contributed by atoms with Crippen molar-refractivity contribution in [3.8, 4) is 0 Å². The summed E-state index contributed by atoms with van der Waals surface area (Å²) in [7, 11) is 0. The zero-order valence-electron chi connectivity index (χ0n) is 10.5. The van der Waals surface area contributed by atoms with Crippen molar-refractivity contribution in [2.24, 2.45) is 0 Å². The lowest BCUT2D eigenvalue weighted by atomic mass is 10.1. The van der Waals surface area contributed by atoms with E-state index >= 15 is 0 Å². The van der Waals surface area contributed by atoms with Crippen molar-refractivity contribution in [2.75, 3.05) is 5.32 Å². The van der Waals surface area contributed by atoms with Gasteiger partial charge in [0.25, 0.3) is 0 Å². The van der Waals surface area contributed by atoms with Gasteiger partial charge in [0.15, 0.2) is 0 Å². The molecular weight excluding hydrogens is 269 g/mol. The molecule has 2 rings (SSSR count). The van der Waals surface area contributed by atoms with E-state index in [0.717, 1.165) is 22.6 Å². The van der Waals surface area contributed by atoms with Gasteiger partial charge in [0.2, 0.25) is 0 Å². The number of benzene rings is 1. The van der Waals surface area contributed by atoms with E-state index in [-0.39, 0.29) is 6.04 Å². The van der Waals surface area contributed by atoms with E-state index in [1.54, 1.807) is 6.07 Å². The van der Waals surface area contributed by atoms with Crippen LogP contribution in [-0.2, 0) is 0 Å². The van der Waals surface area contributed by atoms with Crippen molar-refractivity contribution in [3.63, 3.8) is 0 Å².